The second kappa shape index (κ2) is 4.39. The van der Waals surface area contributed by atoms with Crippen LogP contribution in [0.3, 0.4) is 0 Å². The maximum absolute atomic E-state index is 12.7. The van der Waals surface area contributed by atoms with E-state index in [1.165, 1.54) is 19.3 Å². The van der Waals surface area contributed by atoms with Crippen LogP contribution in [-0.4, -0.2) is 34.4 Å². The quantitative estimate of drug-likeness (QED) is 0.347. The largest absolute Gasteiger partial charge is 0.409 e. The number of oxime groups is 1. The average molecular weight is 265 g/mol. The van der Waals surface area contributed by atoms with Gasteiger partial charge >= 0.3 is 0 Å². The number of hydrogen-bond donors (Lipinski definition) is 2. The fourth-order valence-corrected chi connectivity index (χ4v) is 4.57. The minimum atomic E-state index is 0.0896. The summed E-state index contributed by atoms with van der Waals surface area (Å²) in [6.45, 7) is 4.20. The maximum atomic E-state index is 12.7. The lowest BCUT2D eigenvalue weighted by molar-refractivity contribution is -0.134. The number of nitrogens with zero attached hydrogens (tertiary/aromatic N) is 2. The van der Waals surface area contributed by atoms with Crippen molar-refractivity contribution in [3.05, 3.63) is 0 Å². The second-order valence-electron chi connectivity index (χ2n) is 6.66. The van der Waals surface area contributed by atoms with Crippen LogP contribution in [0.4, 0.5) is 0 Å². The Bertz CT molecular complexity index is 405. The summed E-state index contributed by atoms with van der Waals surface area (Å²) in [4.78, 5) is 14.4. The molecule has 0 radical (unpaired) electrons. The molecule has 3 N–H and O–H groups in total. The highest BCUT2D eigenvalue weighted by molar-refractivity contribution is 5.89. The number of carbonyl (C=O) groups is 1. The van der Waals surface area contributed by atoms with E-state index in [9.17, 15) is 4.79 Å². The summed E-state index contributed by atoms with van der Waals surface area (Å²) in [5.41, 5.74) is 5.56. The summed E-state index contributed by atoms with van der Waals surface area (Å²) in [6, 6.07) is 0.0896. The lowest BCUT2D eigenvalue weighted by Crippen LogP contribution is -2.44. The van der Waals surface area contributed by atoms with Gasteiger partial charge in [-0.3, -0.25) is 4.79 Å². The molecular formula is C14H23N3O2. The summed E-state index contributed by atoms with van der Waals surface area (Å²) in [6.07, 6.45) is 3.98. The molecule has 4 atom stereocenters. The van der Waals surface area contributed by atoms with E-state index in [0.29, 0.717) is 11.8 Å². The molecule has 0 aromatic rings. The van der Waals surface area contributed by atoms with E-state index in [-0.39, 0.29) is 30.2 Å². The predicted molar refractivity (Wildman–Crippen MR) is 71.6 cm³/mol. The van der Waals surface area contributed by atoms with E-state index >= 15 is 0 Å². The molecule has 0 saturated heterocycles. The zero-order valence-corrected chi connectivity index (χ0v) is 11.6. The summed E-state index contributed by atoms with van der Waals surface area (Å²) < 4.78 is 0. The molecule has 3 aliphatic rings. The van der Waals surface area contributed by atoms with Gasteiger partial charge in [0.1, 0.15) is 0 Å². The van der Waals surface area contributed by atoms with Crippen molar-refractivity contribution in [3.63, 3.8) is 0 Å². The fraction of sp³-hybridized carbons (Fsp3) is 0.857. The molecule has 4 unspecified atom stereocenters. The molecular weight excluding hydrogens is 242 g/mol. The smallest absolute Gasteiger partial charge is 0.226 e. The van der Waals surface area contributed by atoms with Crippen LogP contribution in [0.2, 0.25) is 0 Å². The van der Waals surface area contributed by atoms with Crippen LogP contribution in [0.15, 0.2) is 5.16 Å². The van der Waals surface area contributed by atoms with Crippen molar-refractivity contribution in [1.29, 1.82) is 0 Å². The van der Waals surface area contributed by atoms with Crippen molar-refractivity contribution in [3.8, 4) is 0 Å². The van der Waals surface area contributed by atoms with Crippen molar-refractivity contribution in [2.24, 2.45) is 40.5 Å². The summed E-state index contributed by atoms with van der Waals surface area (Å²) >= 11 is 0. The topological polar surface area (TPSA) is 78.9 Å². The van der Waals surface area contributed by atoms with E-state index in [0.717, 1.165) is 11.8 Å². The number of nitrogens with two attached hydrogens (primary N) is 1. The van der Waals surface area contributed by atoms with Gasteiger partial charge in [-0.1, -0.05) is 5.16 Å². The molecule has 19 heavy (non-hydrogen) atoms. The van der Waals surface area contributed by atoms with E-state index in [4.69, 9.17) is 10.9 Å². The number of amides is 1. The SMILES string of the molecule is CC(C)N(CC(N)=NO)C(=O)C1C2C3CCC(C3)C12. The monoisotopic (exact) mass is 265 g/mol. The summed E-state index contributed by atoms with van der Waals surface area (Å²) in [7, 11) is 0. The lowest BCUT2D eigenvalue weighted by Gasteiger charge is -2.27. The zero-order valence-electron chi connectivity index (χ0n) is 11.6. The molecule has 5 heteroatoms. The van der Waals surface area contributed by atoms with Crippen LogP contribution in [0, 0.1) is 29.6 Å². The molecule has 106 valence electrons. The fourth-order valence-electron chi connectivity index (χ4n) is 4.57. The van der Waals surface area contributed by atoms with Gasteiger partial charge in [0.05, 0.1) is 6.54 Å². The van der Waals surface area contributed by atoms with Crippen molar-refractivity contribution in [2.75, 3.05) is 6.54 Å². The van der Waals surface area contributed by atoms with Gasteiger partial charge < -0.3 is 15.8 Å². The Hall–Kier alpha value is -1.26. The highest BCUT2D eigenvalue weighted by Crippen LogP contribution is 2.69. The second-order valence-corrected chi connectivity index (χ2v) is 6.66. The molecule has 0 aliphatic heterocycles. The highest BCUT2D eigenvalue weighted by Gasteiger charge is 2.68. The van der Waals surface area contributed by atoms with Crippen molar-refractivity contribution in [2.45, 2.75) is 39.2 Å². The summed E-state index contributed by atoms with van der Waals surface area (Å²) in [5.74, 6) is 3.41. The first-order valence-electron chi connectivity index (χ1n) is 7.31. The first-order valence-corrected chi connectivity index (χ1v) is 7.31. The van der Waals surface area contributed by atoms with Crippen molar-refractivity contribution >= 4 is 11.7 Å². The lowest BCUT2D eigenvalue weighted by atomic mass is 10.0. The van der Waals surface area contributed by atoms with Gasteiger partial charge in [-0.2, -0.15) is 0 Å². The third-order valence-electron chi connectivity index (χ3n) is 5.39. The first-order chi connectivity index (χ1) is 9.04. The molecule has 5 nitrogen and oxygen atoms in total. The average Bonchev–Trinajstić information content (AvgIpc) is 2.82. The van der Waals surface area contributed by atoms with Gasteiger partial charge in [-0.05, 0) is 56.8 Å². The third-order valence-corrected chi connectivity index (χ3v) is 5.39. The Morgan fingerprint density at radius 3 is 2.42 bits per heavy atom. The molecule has 3 aliphatic carbocycles. The molecule has 0 heterocycles. The van der Waals surface area contributed by atoms with Gasteiger partial charge in [0.25, 0.3) is 0 Å². The Kier molecular flexibility index (Phi) is 2.95. The van der Waals surface area contributed by atoms with Gasteiger partial charge in [-0.15, -0.1) is 0 Å². The van der Waals surface area contributed by atoms with Crippen LogP contribution in [-0.2, 0) is 4.79 Å². The van der Waals surface area contributed by atoms with E-state index < -0.39 is 0 Å². The molecule has 0 aromatic carbocycles. The number of amidine groups is 1. The number of hydrogen-bond acceptors (Lipinski definition) is 3. The number of carbonyl (C=O) groups excluding carboxylic acids is 1. The van der Waals surface area contributed by atoms with Crippen LogP contribution in [0.5, 0.6) is 0 Å². The van der Waals surface area contributed by atoms with Gasteiger partial charge in [-0.25, -0.2) is 0 Å². The van der Waals surface area contributed by atoms with Gasteiger partial charge in [0, 0.05) is 12.0 Å². The standard InChI is InChI=1S/C14H23N3O2/c1-7(2)17(6-10(15)16-19)14(18)13-11-8-3-4-9(5-8)12(11)13/h7-9,11-13,19H,3-6H2,1-2H3,(H2,15,16). The maximum Gasteiger partial charge on any atom is 0.226 e. The van der Waals surface area contributed by atoms with Crippen LogP contribution in [0.1, 0.15) is 33.1 Å². The van der Waals surface area contributed by atoms with E-state index in [1.54, 1.807) is 4.90 Å². The normalized spacial score (nSPS) is 39.5. The molecule has 2 bridgehead atoms. The molecule has 3 rings (SSSR count). The Morgan fingerprint density at radius 2 is 1.95 bits per heavy atom. The van der Waals surface area contributed by atoms with E-state index in [2.05, 4.69) is 5.16 Å². The highest BCUT2D eigenvalue weighted by atomic mass is 16.4. The minimum absolute atomic E-state index is 0.0896. The Morgan fingerprint density at radius 1 is 1.37 bits per heavy atom. The zero-order chi connectivity index (χ0) is 13.7. The predicted octanol–water partition coefficient (Wildman–Crippen LogP) is 1.26. The number of rotatable bonds is 4. The molecule has 0 aromatic heterocycles. The molecule has 0 spiro atoms. The van der Waals surface area contributed by atoms with Crippen molar-refractivity contribution < 1.29 is 10.0 Å². The van der Waals surface area contributed by atoms with Crippen LogP contribution >= 0.6 is 0 Å². The van der Waals surface area contributed by atoms with Crippen LogP contribution < -0.4 is 5.73 Å². The summed E-state index contributed by atoms with van der Waals surface area (Å²) in [5, 5.41) is 11.7. The Labute approximate surface area is 113 Å². The first kappa shape index (κ1) is 12.8. The minimum Gasteiger partial charge on any atom is -0.409 e. The van der Waals surface area contributed by atoms with Crippen molar-refractivity contribution in [1.82, 2.24) is 4.90 Å². The van der Waals surface area contributed by atoms with E-state index in [1.807, 2.05) is 13.8 Å². The molecule has 3 fully saturated rings. The third kappa shape index (κ3) is 1.90. The van der Waals surface area contributed by atoms with Gasteiger partial charge in [0.2, 0.25) is 5.91 Å². The van der Waals surface area contributed by atoms with Crippen LogP contribution in [0.25, 0.3) is 0 Å². The van der Waals surface area contributed by atoms with Gasteiger partial charge in [0.15, 0.2) is 5.84 Å². The Balaban J connectivity index is 1.69. The number of fused-ring (bicyclic) bond motifs is 5. The molecule has 1 amide bonds. The molecule has 3 saturated carbocycles.